The van der Waals surface area contributed by atoms with Crippen LogP contribution in [0.4, 0.5) is 5.95 Å². The Morgan fingerprint density at radius 2 is 2.08 bits per heavy atom. The molecule has 2 fully saturated rings. The summed E-state index contributed by atoms with van der Waals surface area (Å²) < 4.78 is 13.6. The fraction of sp³-hybridized carbons (Fsp3) is 0.579. The van der Waals surface area contributed by atoms with E-state index < -0.39 is 0 Å². The third-order valence-corrected chi connectivity index (χ3v) is 5.07. The third-order valence-electron chi connectivity index (χ3n) is 5.07. The molecule has 1 aliphatic heterocycles. The standard InChI is InChI=1S/C19H26N4O2/c1-3-22-18(17-9-6-12-25-17)20-21-19(22)23(15-10-11-15)13-14-7-4-5-8-16(14)24-2/h4-5,7-8,15,17H,3,6,9-13H2,1-2H3/t17-/m0/s1. The molecule has 6 nitrogen and oxygen atoms in total. The first-order valence-electron chi connectivity index (χ1n) is 9.25. The summed E-state index contributed by atoms with van der Waals surface area (Å²) in [6.07, 6.45) is 4.65. The molecule has 1 aliphatic carbocycles. The van der Waals surface area contributed by atoms with Crippen LogP contribution in [0.1, 0.15) is 50.1 Å². The van der Waals surface area contributed by atoms with E-state index in [1.54, 1.807) is 7.11 Å². The van der Waals surface area contributed by atoms with E-state index in [-0.39, 0.29) is 6.10 Å². The number of methoxy groups -OCH3 is 1. The molecular weight excluding hydrogens is 316 g/mol. The van der Waals surface area contributed by atoms with E-state index in [0.717, 1.165) is 50.1 Å². The normalized spacial score (nSPS) is 20.0. The average Bonchev–Trinajstić information content (AvgIpc) is 3.18. The predicted octanol–water partition coefficient (Wildman–Crippen LogP) is 3.33. The van der Waals surface area contributed by atoms with Crippen LogP contribution in [0.25, 0.3) is 0 Å². The fourth-order valence-corrected chi connectivity index (χ4v) is 3.61. The molecule has 0 amide bonds. The van der Waals surface area contributed by atoms with E-state index in [9.17, 15) is 0 Å². The summed E-state index contributed by atoms with van der Waals surface area (Å²) in [5, 5.41) is 9.06. The maximum absolute atomic E-state index is 5.84. The van der Waals surface area contributed by atoms with Gasteiger partial charge < -0.3 is 14.4 Å². The van der Waals surface area contributed by atoms with Gasteiger partial charge in [-0.2, -0.15) is 0 Å². The molecule has 1 atom stereocenters. The Bertz CT molecular complexity index is 720. The summed E-state index contributed by atoms with van der Waals surface area (Å²) >= 11 is 0. The summed E-state index contributed by atoms with van der Waals surface area (Å²) in [6, 6.07) is 8.75. The van der Waals surface area contributed by atoms with Crippen LogP contribution < -0.4 is 9.64 Å². The second-order valence-corrected chi connectivity index (χ2v) is 6.78. The van der Waals surface area contributed by atoms with Crippen LogP contribution in [0.2, 0.25) is 0 Å². The minimum atomic E-state index is 0.0912. The number of hydrogen-bond acceptors (Lipinski definition) is 5. The van der Waals surface area contributed by atoms with E-state index in [0.29, 0.717) is 6.04 Å². The Morgan fingerprint density at radius 3 is 2.76 bits per heavy atom. The van der Waals surface area contributed by atoms with Crippen molar-refractivity contribution in [3.8, 4) is 5.75 Å². The van der Waals surface area contributed by atoms with E-state index in [4.69, 9.17) is 9.47 Å². The first kappa shape index (κ1) is 16.4. The van der Waals surface area contributed by atoms with Crippen molar-refractivity contribution < 1.29 is 9.47 Å². The highest BCUT2D eigenvalue weighted by Crippen LogP contribution is 2.36. The van der Waals surface area contributed by atoms with Gasteiger partial charge in [-0.05, 0) is 38.7 Å². The average molecular weight is 342 g/mol. The second kappa shape index (κ2) is 7.04. The van der Waals surface area contributed by atoms with Crippen LogP contribution in [0, 0.1) is 0 Å². The molecule has 25 heavy (non-hydrogen) atoms. The van der Waals surface area contributed by atoms with Gasteiger partial charge >= 0.3 is 0 Å². The van der Waals surface area contributed by atoms with Gasteiger partial charge in [0.15, 0.2) is 5.82 Å². The molecule has 4 rings (SSSR count). The van der Waals surface area contributed by atoms with Crippen LogP contribution in [-0.4, -0.2) is 34.5 Å². The summed E-state index contributed by atoms with van der Waals surface area (Å²) in [7, 11) is 1.73. The molecular formula is C19H26N4O2. The molecule has 0 N–H and O–H groups in total. The number of ether oxygens (including phenoxy) is 2. The quantitative estimate of drug-likeness (QED) is 0.772. The van der Waals surface area contributed by atoms with Crippen molar-refractivity contribution in [2.45, 2.75) is 57.8 Å². The zero-order chi connectivity index (χ0) is 17.2. The van der Waals surface area contributed by atoms with Crippen LogP contribution in [-0.2, 0) is 17.8 Å². The van der Waals surface area contributed by atoms with Crippen LogP contribution >= 0.6 is 0 Å². The molecule has 6 heteroatoms. The Balaban J connectivity index is 1.65. The van der Waals surface area contributed by atoms with Crippen LogP contribution in [0.15, 0.2) is 24.3 Å². The molecule has 0 radical (unpaired) electrons. The van der Waals surface area contributed by atoms with Gasteiger partial charge in [-0.15, -0.1) is 10.2 Å². The van der Waals surface area contributed by atoms with Gasteiger partial charge in [-0.1, -0.05) is 18.2 Å². The predicted molar refractivity (Wildman–Crippen MR) is 95.8 cm³/mol. The van der Waals surface area contributed by atoms with E-state index in [2.05, 4.69) is 38.7 Å². The van der Waals surface area contributed by atoms with Crippen LogP contribution in [0.5, 0.6) is 5.75 Å². The monoisotopic (exact) mass is 342 g/mol. The Labute approximate surface area is 148 Å². The van der Waals surface area contributed by atoms with E-state index >= 15 is 0 Å². The molecule has 1 saturated carbocycles. The lowest BCUT2D eigenvalue weighted by atomic mass is 10.2. The SMILES string of the molecule is CCn1c([C@@H]2CCCO2)nnc1N(Cc1ccccc1OC)C1CC1. The highest BCUT2D eigenvalue weighted by atomic mass is 16.5. The largest absolute Gasteiger partial charge is 0.496 e. The molecule has 2 heterocycles. The van der Waals surface area contributed by atoms with Crippen molar-refractivity contribution in [3.63, 3.8) is 0 Å². The number of rotatable bonds is 7. The highest BCUT2D eigenvalue weighted by molar-refractivity contribution is 5.42. The number of nitrogens with zero attached hydrogens (tertiary/aromatic N) is 4. The fourth-order valence-electron chi connectivity index (χ4n) is 3.61. The van der Waals surface area contributed by atoms with Gasteiger partial charge in [0.25, 0.3) is 0 Å². The number of para-hydroxylation sites is 1. The van der Waals surface area contributed by atoms with Gasteiger partial charge in [-0.3, -0.25) is 4.57 Å². The second-order valence-electron chi connectivity index (χ2n) is 6.78. The van der Waals surface area contributed by atoms with Gasteiger partial charge in [0.05, 0.1) is 7.11 Å². The zero-order valence-corrected chi connectivity index (χ0v) is 15.0. The van der Waals surface area contributed by atoms with Crippen molar-refractivity contribution in [2.75, 3.05) is 18.6 Å². The van der Waals surface area contributed by atoms with E-state index in [1.807, 2.05) is 12.1 Å². The maximum Gasteiger partial charge on any atom is 0.227 e. The molecule has 1 aromatic heterocycles. The molecule has 2 aromatic rings. The minimum absolute atomic E-state index is 0.0912. The number of benzene rings is 1. The lowest BCUT2D eigenvalue weighted by molar-refractivity contribution is 0.102. The van der Waals surface area contributed by atoms with Crippen LogP contribution in [0.3, 0.4) is 0 Å². The number of hydrogen-bond donors (Lipinski definition) is 0. The highest BCUT2D eigenvalue weighted by Gasteiger charge is 2.34. The molecule has 1 saturated heterocycles. The summed E-state index contributed by atoms with van der Waals surface area (Å²) in [5.74, 6) is 2.86. The van der Waals surface area contributed by atoms with Gasteiger partial charge in [0, 0.05) is 31.3 Å². The molecule has 0 bridgehead atoms. The summed E-state index contributed by atoms with van der Waals surface area (Å²) in [4.78, 5) is 2.38. The lowest BCUT2D eigenvalue weighted by Gasteiger charge is -2.25. The maximum atomic E-state index is 5.84. The van der Waals surface area contributed by atoms with Gasteiger partial charge in [0.1, 0.15) is 11.9 Å². The summed E-state index contributed by atoms with van der Waals surface area (Å²) in [6.45, 7) is 4.62. The minimum Gasteiger partial charge on any atom is -0.496 e. The van der Waals surface area contributed by atoms with Gasteiger partial charge in [-0.25, -0.2) is 0 Å². The molecule has 1 aromatic carbocycles. The van der Waals surface area contributed by atoms with Crippen molar-refractivity contribution in [2.24, 2.45) is 0 Å². The van der Waals surface area contributed by atoms with Crippen molar-refractivity contribution >= 4 is 5.95 Å². The number of aromatic nitrogens is 3. The molecule has 2 aliphatic rings. The first-order chi connectivity index (χ1) is 12.3. The van der Waals surface area contributed by atoms with Crippen molar-refractivity contribution in [1.29, 1.82) is 0 Å². The molecule has 0 spiro atoms. The Morgan fingerprint density at radius 1 is 1.24 bits per heavy atom. The Hall–Kier alpha value is -2.08. The molecule has 134 valence electrons. The van der Waals surface area contributed by atoms with E-state index in [1.165, 1.54) is 18.4 Å². The molecule has 0 unspecified atom stereocenters. The smallest absolute Gasteiger partial charge is 0.227 e. The topological polar surface area (TPSA) is 52.4 Å². The summed E-state index contributed by atoms with van der Waals surface area (Å²) in [5.41, 5.74) is 1.18. The Kier molecular flexibility index (Phi) is 4.61. The van der Waals surface area contributed by atoms with Crippen molar-refractivity contribution in [3.05, 3.63) is 35.7 Å². The lowest BCUT2D eigenvalue weighted by Crippen LogP contribution is -2.29. The third kappa shape index (κ3) is 3.23. The van der Waals surface area contributed by atoms with Gasteiger partial charge in [0.2, 0.25) is 5.95 Å². The first-order valence-corrected chi connectivity index (χ1v) is 9.25. The zero-order valence-electron chi connectivity index (χ0n) is 15.0. The number of anilines is 1. The van der Waals surface area contributed by atoms with Crippen molar-refractivity contribution in [1.82, 2.24) is 14.8 Å².